The van der Waals surface area contributed by atoms with E-state index in [1.807, 2.05) is 31.2 Å². The third-order valence-corrected chi connectivity index (χ3v) is 5.38. The van der Waals surface area contributed by atoms with Crippen LogP contribution < -0.4 is 20.3 Å². The average Bonchev–Trinajstić information content (AvgIpc) is 3.14. The Balaban J connectivity index is 1.45. The topological polar surface area (TPSA) is 81.9 Å². The molecule has 0 radical (unpaired) electrons. The van der Waals surface area contributed by atoms with E-state index in [9.17, 15) is 9.59 Å². The molecular formula is C23H21N3O4S. The largest absolute Gasteiger partial charge is 0.485 e. The molecule has 0 saturated heterocycles. The summed E-state index contributed by atoms with van der Waals surface area (Å²) < 4.78 is 13.1. The van der Waals surface area contributed by atoms with Gasteiger partial charge in [-0.15, -0.1) is 11.3 Å². The first kappa shape index (κ1) is 20.6. The van der Waals surface area contributed by atoms with Gasteiger partial charge in [-0.1, -0.05) is 30.3 Å². The van der Waals surface area contributed by atoms with Crippen molar-refractivity contribution in [3.05, 3.63) is 87.8 Å². The second kappa shape index (κ2) is 9.01. The van der Waals surface area contributed by atoms with Gasteiger partial charge in [0.05, 0.1) is 11.4 Å². The van der Waals surface area contributed by atoms with Crippen LogP contribution in [0.25, 0.3) is 4.96 Å². The van der Waals surface area contributed by atoms with E-state index in [1.165, 1.54) is 21.8 Å². The number of thiazole rings is 1. The summed E-state index contributed by atoms with van der Waals surface area (Å²) in [4.78, 5) is 31.0. The van der Waals surface area contributed by atoms with Gasteiger partial charge in [-0.25, -0.2) is 4.98 Å². The highest BCUT2D eigenvalue weighted by molar-refractivity contribution is 7.16. The Labute approximate surface area is 182 Å². The first-order valence-electron chi connectivity index (χ1n) is 9.73. The Kier molecular flexibility index (Phi) is 5.99. The molecule has 1 atom stereocenters. The lowest BCUT2D eigenvalue weighted by molar-refractivity contribution is -0.122. The van der Waals surface area contributed by atoms with Crippen molar-refractivity contribution in [2.75, 3.05) is 5.32 Å². The van der Waals surface area contributed by atoms with Crippen LogP contribution in [0.3, 0.4) is 0 Å². The van der Waals surface area contributed by atoms with Gasteiger partial charge in [0.15, 0.2) is 11.1 Å². The van der Waals surface area contributed by atoms with Crippen molar-refractivity contribution >= 4 is 27.9 Å². The molecule has 0 aliphatic rings. The monoisotopic (exact) mass is 435 g/mol. The molecule has 8 heteroatoms. The van der Waals surface area contributed by atoms with Gasteiger partial charge in [0.2, 0.25) is 0 Å². The Morgan fingerprint density at radius 3 is 2.71 bits per heavy atom. The lowest BCUT2D eigenvalue weighted by atomic mass is 10.2. The van der Waals surface area contributed by atoms with E-state index in [2.05, 4.69) is 10.3 Å². The molecule has 0 saturated carbocycles. The van der Waals surface area contributed by atoms with Crippen molar-refractivity contribution in [3.8, 4) is 11.5 Å². The molecule has 0 aliphatic heterocycles. The number of benzene rings is 2. The number of ether oxygens (including phenoxy) is 2. The van der Waals surface area contributed by atoms with E-state index < -0.39 is 6.10 Å². The van der Waals surface area contributed by atoms with E-state index >= 15 is 0 Å². The second-order valence-corrected chi connectivity index (χ2v) is 8.14. The predicted molar refractivity (Wildman–Crippen MR) is 120 cm³/mol. The van der Waals surface area contributed by atoms with Crippen LogP contribution >= 0.6 is 11.3 Å². The van der Waals surface area contributed by atoms with Gasteiger partial charge in [-0.3, -0.25) is 14.0 Å². The minimum Gasteiger partial charge on any atom is -0.485 e. The molecule has 1 amide bonds. The average molecular weight is 436 g/mol. The van der Waals surface area contributed by atoms with Crippen molar-refractivity contribution in [1.29, 1.82) is 0 Å². The number of fused-ring (bicyclic) bond motifs is 1. The Bertz CT molecular complexity index is 1270. The molecule has 1 N–H and O–H groups in total. The number of carbonyl (C=O) groups is 1. The molecular weight excluding hydrogens is 414 g/mol. The summed E-state index contributed by atoms with van der Waals surface area (Å²) in [6, 6.07) is 17.7. The number of carbonyl (C=O) groups excluding carboxylic acids is 1. The van der Waals surface area contributed by atoms with Crippen molar-refractivity contribution in [1.82, 2.24) is 9.38 Å². The number of anilines is 1. The van der Waals surface area contributed by atoms with Crippen LogP contribution in [0.2, 0.25) is 0 Å². The summed E-state index contributed by atoms with van der Waals surface area (Å²) in [5.41, 5.74) is 0.885. The third-order valence-electron chi connectivity index (χ3n) is 4.48. The number of para-hydroxylation sites is 3. The van der Waals surface area contributed by atoms with Gasteiger partial charge in [-0.05, 0) is 38.1 Å². The molecule has 2 aromatic carbocycles. The minimum absolute atomic E-state index is 0.103. The van der Waals surface area contributed by atoms with Crippen molar-refractivity contribution in [2.45, 2.75) is 26.6 Å². The SMILES string of the molecule is Cc1cn2c(=O)cc(COc3ccccc3NC(=O)C(C)Oc3ccccc3)nc2s1. The lowest BCUT2D eigenvalue weighted by Gasteiger charge is -2.16. The summed E-state index contributed by atoms with van der Waals surface area (Å²) in [6.45, 7) is 3.71. The van der Waals surface area contributed by atoms with Gasteiger partial charge < -0.3 is 14.8 Å². The number of aromatic nitrogens is 2. The maximum absolute atomic E-state index is 12.6. The Morgan fingerprint density at radius 1 is 1.16 bits per heavy atom. The molecule has 0 spiro atoms. The zero-order chi connectivity index (χ0) is 21.8. The number of aryl methyl sites for hydroxylation is 1. The fourth-order valence-electron chi connectivity index (χ4n) is 2.97. The first-order chi connectivity index (χ1) is 15.0. The van der Waals surface area contributed by atoms with Crippen molar-refractivity contribution in [2.24, 2.45) is 0 Å². The minimum atomic E-state index is -0.693. The molecule has 31 heavy (non-hydrogen) atoms. The number of hydrogen-bond donors (Lipinski definition) is 1. The van der Waals surface area contributed by atoms with Gasteiger partial charge in [0.1, 0.15) is 18.1 Å². The van der Waals surface area contributed by atoms with Crippen LogP contribution in [0.5, 0.6) is 11.5 Å². The number of nitrogens with one attached hydrogen (secondary N) is 1. The summed E-state index contributed by atoms with van der Waals surface area (Å²) in [7, 11) is 0. The number of rotatable bonds is 7. The van der Waals surface area contributed by atoms with E-state index in [-0.39, 0.29) is 18.1 Å². The molecule has 4 rings (SSSR count). The fourth-order valence-corrected chi connectivity index (χ4v) is 3.82. The van der Waals surface area contributed by atoms with Crippen LogP contribution in [0.15, 0.2) is 71.7 Å². The Morgan fingerprint density at radius 2 is 1.90 bits per heavy atom. The van der Waals surface area contributed by atoms with E-state index in [1.54, 1.807) is 43.5 Å². The van der Waals surface area contributed by atoms with E-state index in [0.29, 0.717) is 27.8 Å². The van der Waals surface area contributed by atoms with Crippen LogP contribution in [0.4, 0.5) is 5.69 Å². The molecule has 0 bridgehead atoms. The van der Waals surface area contributed by atoms with E-state index in [0.717, 1.165) is 4.88 Å². The standard InChI is InChI=1S/C23H21N3O4S/c1-15-13-26-21(27)12-17(24-23(26)31-15)14-29-20-11-7-6-10-19(20)25-22(28)16(2)30-18-8-4-3-5-9-18/h3-13,16H,14H2,1-2H3,(H,25,28). The predicted octanol–water partition coefficient (Wildman–Crippen LogP) is 4.05. The zero-order valence-corrected chi connectivity index (χ0v) is 17.9. The highest BCUT2D eigenvalue weighted by Crippen LogP contribution is 2.25. The number of hydrogen-bond acceptors (Lipinski definition) is 6. The second-order valence-electron chi connectivity index (χ2n) is 6.93. The van der Waals surface area contributed by atoms with Crippen molar-refractivity contribution < 1.29 is 14.3 Å². The highest BCUT2D eigenvalue weighted by atomic mass is 32.1. The summed E-state index contributed by atoms with van der Waals surface area (Å²) in [5, 5.41) is 2.84. The first-order valence-corrected chi connectivity index (χ1v) is 10.5. The smallest absolute Gasteiger partial charge is 0.265 e. The van der Waals surface area contributed by atoms with Crippen molar-refractivity contribution in [3.63, 3.8) is 0 Å². The number of nitrogens with zero attached hydrogens (tertiary/aromatic N) is 2. The van der Waals surface area contributed by atoms with Gasteiger partial charge in [-0.2, -0.15) is 0 Å². The molecule has 2 aromatic heterocycles. The lowest BCUT2D eigenvalue weighted by Crippen LogP contribution is -2.30. The molecule has 4 aromatic rings. The molecule has 1 unspecified atom stereocenters. The van der Waals surface area contributed by atoms with Crippen LogP contribution in [0, 0.1) is 6.92 Å². The quantitative estimate of drug-likeness (QED) is 0.474. The van der Waals surface area contributed by atoms with E-state index in [4.69, 9.17) is 9.47 Å². The Hall–Kier alpha value is -3.65. The van der Waals surface area contributed by atoms with Crippen LogP contribution in [-0.2, 0) is 11.4 Å². The highest BCUT2D eigenvalue weighted by Gasteiger charge is 2.17. The summed E-state index contributed by atoms with van der Waals surface area (Å²) in [6.07, 6.45) is 1.07. The molecule has 158 valence electrons. The fraction of sp³-hybridized carbons (Fsp3) is 0.174. The molecule has 2 heterocycles. The third kappa shape index (κ3) is 4.92. The molecule has 7 nitrogen and oxygen atoms in total. The maximum Gasteiger partial charge on any atom is 0.265 e. The normalized spacial score (nSPS) is 11.8. The maximum atomic E-state index is 12.6. The summed E-state index contributed by atoms with van der Waals surface area (Å²) >= 11 is 1.44. The van der Waals surface area contributed by atoms with Gasteiger partial charge >= 0.3 is 0 Å². The molecule has 0 aliphatic carbocycles. The van der Waals surface area contributed by atoms with Gasteiger partial charge in [0.25, 0.3) is 11.5 Å². The van der Waals surface area contributed by atoms with Crippen LogP contribution in [-0.4, -0.2) is 21.4 Å². The van der Waals surface area contributed by atoms with Crippen LogP contribution in [0.1, 0.15) is 17.5 Å². The molecule has 0 fully saturated rings. The summed E-state index contributed by atoms with van der Waals surface area (Å²) in [5.74, 6) is 0.796. The van der Waals surface area contributed by atoms with Gasteiger partial charge in [0, 0.05) is 17.1 Å². The number of amides is 1. The zero-order valence-electron chi connectivity index (χ0n) is 17.1.